The summed E-state index contributed by atoms with van der Waals surface area (Å²) in [5.74, 6) is 0. The second kappa shape index (κ2) is 6.02. The van der Waals surface area contributed by atoms with E-state index in [0.29, 0.717) is 32.8 Å². The molecular formula is C12H18N2O2S. The largest absolute Gasteiger partial charge is 0.378 e. The summed E-state index contributed by atoms with van der Waals surface area (Å²) in [6, 6.07) is 2.14. The molecule has 4 nitrogen and oxygen atoms in total. The van der Waals surface area contributed by atoms with Gasteiger partial charge in [-0.25, -0.2) is 4.79 Å². The van der Waals surface area contributed by atoms with E-state index in [1.807, 2.05) is 4.90 Å². The molecule has 17 heavy (non-hydrogen) atoms. The number of nitrogens with zero attached hydrogens (tertiary/aromatic N) is 1. The molecule has 1 aliphatic heterocycles. The SMILES string of the molecule is CCc1ccsc1CNC(=O)N1CCOCC1. The van der Waals surface area contributed by atoms with Crippen LogP contribution in [0.15, 0.2) is 11.4 Å². The van der Waals surface area contributed by atoms with Gasteiger partial charge in [0.1, 0.15) is 0 Å². The molecule has 0 bridgehead atoms. The molecule has 94 valence electrons. The molecule has 0 aromatic carbocycles. The Balaban J connectivity index is 1.83. The van der Waals surface area contributed by atoms with E-state index in [-0.39, 0.29) is 6.03 Å². The van der Waals surface area contributed by atoms with Crippen LogP contribution in [0.1, 0.15) is 17.4 Å². The van der Waals surface area contributed by atoms with Gasteiger partial charge in [0.25, 0.3) is 0 Å². The minimum atomic E-state index is 0.0174. The van der Waals surface area contributed by atoms with Crippen molar-refractivity contribution < 1.29 is 9.53 Å². The van der Waals surface area contributed by atoms with Gasteiger partial charge in [0.2, 0.25) is 0 Å². The number of nitrogens with one attached hydrogen (secondary N) is 1. The predicted molar refractivity (Wildman–Crippen MR) is 68.3 cm³/mol. The quantitative estimate of drug-likeness (QED) is 0.894. The number of amides is 2. The van der Waals surface area contributed by atoms with E-state index in [2.05, 4.69) is 23.7 Å². The number of rotatable bonds is 3. The maximum atomic E-state index is 11.9. The van der Waals surface area contributed by atoms with E-state index >= 15 is 0 Å². The zero-order valence-electron chi connectivity index (χ0n) is 10.1. The highest BCUT2D eigenvalue weighted by Gasteiger charge is 2.16. The minimum absolute atomic E-state index is 0.0174. The van der Waals surface area contributed by atoms with Gasteiger partial charge < -0.3 is 15.0 Å². The smallest absolute Gasteiger partial charge is 0.317 e. The fourth-order valence-electron chi connectivity index (χ4n) is 1.87. The molecule has 1 aromatic heterocycles. The van der Waals surface area contributed by atoms with E-state index in [1.165, 1.54) is 10.4 Å². The zero-order chi connectivity index (χ0) is 12.1. The van der Waals surface area contributed by atoms with Gasteiger partial charge in [-0.2, -0.15) is 0 Å². The molecule has 0 aliphatic carbocycles. The molecule has 1 N–H and O–H groups in total. The number of thiophene rings is 1. The third kappa shape index (κ3) is 3.20. The number of ether oxygens (including phenoxy) is 1. The lowest BCUT2D eigenvalue weighted by molar-refractivity contribution is 0.0531. The zero-order valence-corrected chi connectivity index (χ0v) is 10.9. The number of aryl methyl sites for hydroxylation is 1. The van der Waals surface area contributed by atoms with Gasteiger partial charge >= 0.3 is 6.03 Å². The fraction of sp³-hybridized carbons (Fsp3) is 0.583. The van der Waals surface area contributed by atoms with E-state index in [9.17, 15) is 4.79 Å². The van der Waals surface area contributed by atoms with Crippen molar-refractivity contribution in [3.05, 3.63) is 21.9 Å². The van der Waals surface area contributed by atoms with Crippen molar-refractivity contribution in [1.29, 1.82) is 0 Å². The maximum Gasteiger partial charge on any atom is 0.317 e. The van der Waals surface area contributed by atoms with Crippen LogP contribution in [-0.4, -0.2) is 37.2 Å². The van der Waals surface area contributed by atoms with Gasteiger partial charge in [-0.05, 0) is 23.4 Å². The van der Waals surface area contributed by atoms with Gasteiger partial charge in [-0.3, -0.25) is 0 Å². The van der Waals surface area contributed by atoms with Crippen molar-refractivity contribution in [3.8, 4) is 0 Å². The molecule has 0 spiro atoms. The lowest BCUT2D eigenvalue weighted by Crippen LogP contribution is -2.45. The van der Waals surface area contributed by atoms with Crippen molar-refractivity contribution in [2.45, 2.75) is 19.9 Å². The Morgan fingerprint density at radius 1 is 1.53 bits per heavy atom. The summed E-state index contributed by atoms with van der Waals surface area (Å²) < 4.78 is 5.22. The van der Waals surface area contributed by atoms with Gasteiger partial charge in [0.15, 0.2) is 0 Å². The third-order valence-corrected chi connectivity index (χ3v) is 3.88. The Hall–Kier alpha value is -1.07. The molecule has 2 amide bonds. The average molecular weight is 254 g/mol. The van der Waals surface area contributed by atoms with E-state index in [0.717, 1.165) is 6.42 Å². The van der Waals surface area contributed by atoms with Crippen LogP contribution in [0.3, 0.4) is 0 Å². The monoisotopic (exact) mass is 254 g/mol. The first-order valence-corrected chi connectivity index (χ1v) is 6.85. The number of carbonyl (C=O) groups is 1. The van der Waals surface area contributed by atoms with Crippen molar-refractivity contribution in [1.82, 2.24) is 10.2 Å². The molecule has 0 unspecified atom stereocenters. The Morgan fingerprint density at radius 3 is 3.00 bits per heavy atom. The minimum Gasteiger partial charge on any atom is -0.378 e. The molecule has 5 heteroatoms. The number of urea groups is 1. The second-order valence-electron chi connectivity index (χ2n) is 3.98. The highest BCUT2D eigenvalue weighted by molar-refractivity contribution is 7.10. The normalized spacial score (nSPS) is 15.9. The van der Waals surface area contributed by atoms with Gasteiger partial charge in [-0.1, -0.05) is 6.92 Å². The Morgan fingerprint density at radius 2 is 2.29 bits per heavy atom. The molecular weight excluding hydrogens is 236 g/mol. The Kier molecular flexibility index (Phi) is 4.39. The summed E-state index contributed by atoms with van der Waals surface area (Å²) in [6.45, 7) is 5.44. The van der Waals surface area contributed by atoms with Gasteiger partial charge in [-0.15, -0.1) is 11.3 Å². The molecule has 1 aromatic rings. The van der Waals surface area contributed by atoms with Crippen LogP contribution in [0.25, 0.3) is 0 Å². The highest BCUT2D eigenvalue weighted by Crippen LogP contribution is 2.16. The summed E-state index contributed by atoms with van der Waals surface area (Å²) >= 11 is 1.70. The first kappa shape index (κ1) is 12.4. The summed E-state index contributed by atoms with van der Waals surface area (Å²) in [5.41, 5.74) is 1.33. The summed E-state index contributed by atoms with van der Waals surface area (Å²) in [5, 5.41) is 5.05. The summed E-state index contributed by atoms with van der Waals surface area (Å²) in [6.07, 6.45) is 1.02. The maximum absolute atomic E-state index is 11.9. The average Bonchev–Trinajstić information content (AvgIpc) is 2.84. The first-order valence-electron chi connectivity index (χ1n) is 5.97. The summed E-state index contributed by atoms with van der Waals surface area (Å²) in [7, 11) is 0. The molecule has 1 saturated heterocycles. The van der Waals surface area contributed by atoms with Crippen molar-refractivity contribution in [2.24, 2.45) is 0 Å². The molecule has 2 heterocycles. The number of carbonyl (C=O) groups excluding carboxylic acids is 1. The standard InChI is InChI=1S/C12H18N2O2S/c1-2-10-3-8-17-11(10)9-13-12(15)14-4-6-16-7-5-14/h3,8H,2,4-7,9H2,1H3,(H,13,15). The highest BCUT2D eigenvalue weighted by atomic mass is 32.1. The lowest BCUT2D eigenvalue weighted by Gasteiger charge is -2.26. The van der Waals surface area contributed by atoms with Gasteiger partial charge in [0, 0.05) is 18.0 Å². The van der Waals surface area contributed by atoms with Crippen LogP contribution in [-0.2, 0) is 17.7 Å². The molecule has 1 fully saturated rings. The third-order valence-electron chi connectivity index (χ3n) is 2.92. The van der Waals surface area contributed by atoms with Crippen molar-refractivity contribution >= 4 is 17.4 Å². The van der Waals surface area contributed by atoms with Crippen molar-refractivity contribution in [3.63, 3.8) is 0 Å². The Labute approximate surface area is 106 Å². The molecule has 0 atom stereocenters. The molecule has 0 saturated carbocycles. The van der Waals surface area contributed by atoms with Crippen LogP contribution < -0.4 is 5.32 Å². The predicted octanol–water partition coefficient (Wildman–Crippen LogP) is 1.85. The van der Waals surface area contributed by atoms with Crippen LogP contribution in [0, 0.1) is 0 Å². The lowest BCUT2D eigenvalue weighted by atomic mass is 10.2. The number of hydrogen-bond donors (Lipinski definition) is 1. The van der Waals surface area contributed by atoms with Crippen LogP contribution in [0.2, 0.25) is 0 Å². The molecule has 1 aliphatic rings. The fourth-order valence-corrected chi connectivity index (χ4v) is 2.79. The van der Waals surface area contributed by atoms with Crippen LogP contribution >= 0.6 is 11.3 Å². The van der Waals surface area contributed by atoms with Gasteiger partial charge in [0.05, 0.1) is 19.8 Å². The molecule has 0 radical (unpaired) electrons. The first-order chi connectivity index (χ1) is 8.31. The van der Waals surface area contributed by atoms with Crippen LogP contribution in [0.4, 0.5) is 4.79 Å². The topological polar surface area (TPSA) is 41.6 Å². The number of morpholine rings is 1. The Bertz CT molecular complexity index is 372. The van der Waals surface area contributed by atoms with E-state index in [4.69, 9.17) is 4.74 Å². The number of hydrogen-bond acceptors (Lipinski definition) is 3. The molecule has 2 rings (SSSR count). The second-order valence-corrected chi connectivity index (χ2v) is 4.98. The van der Waals surface area contributed by atoms with Crippen LogP contribution in [0.5, 0.6) is 0 Å². The van der Waals surface area contributed by atoms with Crippen molar-refractivity contribution in [2.75, 3.05) is 26.3 Å². The van der Waals surface area contributed by atoms with E-state index in [1.54, 1.807) is 11.3 Å². The summed E-state index contributed by atoms with van der Waals surface area (Å²) in [4.78, 5) is 14.9. The van der Waals surface area contributed by atoms with E-state index < -0.39 is 0 Å².